The monoisotopic (exact) mass is 361 g/mol. The maximum absolute atomic E-state index is 5.95. The van der Waals surface area contributed by atoms with Crippen LogP contribution in [0, 0.1) is 6.92 Å². The summed E-state index contributed by atoms with van der Waals surface area (Å²) >= 11 is 0. The van der Waals surface area contributed by atoms with Gasteiger partial charge in [-0.3, -0.25) is 0 Å². The van der Waals surface area contributed by atoms with Crippen molar-refractivity contribution in [3.05, 3.63) is 95.1 Å². The molecule has 3 aromatic carbocycles. The van der Waals surface area contributed by atoms with Gasteiger partial charge in [0.1, 0.15) is 18.1 Å². The molecule has 0 amide bonds. The second-order valence-electron chi connectivity index (χ2n) is 6.66. The highest BCUT2D eigenvalue weighted by Gasteiger charge is 2.02. The fourth-order valence-corrected chi connectivity index (χ4v) is 3.08. The molecule has 0 unspecified atom stereocenters. The van der Waals surface area contributed by atoms with Gasteiger partial charge in [0.15, 0.2) is 0 Å². The van der Waals surface area contributed by atoms with E-state index in [1.807, 2.05) is 30.3 Å². The molecule has 27 heavy (non-hydrogen) atoms. The summed E-state index contributed by atoms with van der Waals surface area (Å²) in [6, 6.07) is 24.9. The Morgan fingerprint density at radius 3 is 2.52 bits per heavy atom. The van der Waals surface area contributed by atoms with Crippen molar-refractivity contribution in [3.63, 3.8) is 0 Å². The van der Waals surface area contributed by atoms with Gasteiger partial charge in [-0.05, 0) is 54.8 Å². The third kappa shape index (κ3) is 5.87. The van der Waals surface area contributed by atoms with Crippen molar-refractivity contribution in [1.29, 1.82) is 0 Å². The lowest BCUT2D eigenvalue weighted by Crippen LogP contribution is -2.17. The summed E-state index contributed by atoms with van der Waals surface area (Å²) in [5.74, 6) is 1.85. The van der Waals surface area contributed by atoms with Crippen molar-refractivity contribution in [3.8, 4) is 11.5 Å². The van der Waals surface area contributed by atoms with Gasteiger partial charge in [0.05, 0.1) is 7.11 Å². The van der Waals surface area contributed by atoms with Crippen LogP contribution in [0.1, 0.15) is 22.3 Å². The number of benzene rings is 3. The number of methoxy groups -OCH3 is 1. The zero-order chi connectivity index (χ0) is 18.9. The summed E-state index contributed by atoms with van der Waals surface area (Å²) in [6.07, 6.45) is 0.938. The molecule has 140 valence electrons. The topological polar surface area (TPSA) is 30.5 Å². The molecule has 0 aliphatic rings. The van der Waals surface area contributed by atoms with Crippen LogP contribution in [0.25, 0.3) is 0 Å². The molecule has 0 aromatic heterocycles. The largest absolute Gasteiger partial charge is 0.496 e. The molecule has 0 fully saturated rings. The number of aryl methyl sites for hydroxylation is 1. The fourth-order valence-electron chi connectivity index (χ4n) is 3.08. The summed E-state index contributed by atoms with van der Waals surface area (Å²) in [7, 11) is 1.72. The van der Waals surface area contributed by atoms with E-state index in [0.717, 1.165) is 31.0 Å². The Labute approximate surface area is 162 Å². The Hall–Kier alpha value is -2.78. The average Bonchev–Trinajstić information content (AvgIpc) is 2.70. The van der Waals surface area contributed by atoms with Crippen molar-refractivity contribution in [1.82, 2.24) is 5.32 Å². The van der Waals surface area contributed by atoms with Crippen molar-refractivity contribution in [2.75, 3.05) is 13.7 Å². The van der Waals surface area contributed by atoms with Gasteiger partial charge >= 0.3 is 0 Å². The molecule has 0 spiro atoms. The van der Waals surface area contributed by atoms with E-state index in [0.29, 0.717) is 6.61 Å². The van der Waals surface area contributed by atoms with Gasteiger partial charge in [0.2, 0.25) is 0 Å². The first-order valence-corrected chi connectivity index (χ1v) is 9.34. The molecule has 3 aromatic rings. The third-order valence-corrected chi connectivity index (χ3v) is 4.48. The summed E-state index contributed by atoms with van der Waals surface area (Å²) in [6.45, 7) is 4.40. The second kappa shape index (κ2) is 9.79. The normalized spacial score (nSPS) is 10.6. The molecular formula is C24H27NO2. The first-order chi connectivity index (χ1) is 13.2. The van der Waals surface area contributed by atoms with Crippen molar-refractivity contribution in [2.45, 2.75) is 26.5 Å². The SMILES string of the molecule is COc1ccccc1CCNCc1cccc(OCc2cccc(C)c2)c1. The molecule has 0 atom stereocenters. The van der Waals surface area contributed by atoms with Crippen LogP contribution in [0.5, 0.6) is 11.5 Å². The van der Waals surface area contributed by atoms with Crippen molar-refractivity contribution < 1.29 is 9.47 Å². The van der Waals surface area contributed by atoms with E-state index in [1.165, 1.54) is 22.3 Å². The van der Waals surface area contributed by atoms with Gasteiger partial charge in [-0.1, -0.05) is 60.2 Å². The van der Waals surface area contributed by atoms with Gasteiger partial charge in [-0.25, -0.2) is 0 Å². The molecular weight excluding hydrogens is 334 g/mol. The van der Waals surface area contributed by atoms with Crippen molar-refractivity contribution in [2.24, 2.45) is 0 Å². The molecule has 0 aliphatic carbocycles. The molecule has 1 N–H and O–H groups in total. The zero-order valence-electron chi connectivity index (χ0n) is 16.1. The lowest BCUT2D eigenvalue weighted by molar-refractivity contribution is 0.306. The minimum absolute atomic E-state index is 0.590. The Balaban J connectivity index is 1.47. The quantitative estimate of drug-likeness (QED) is 0.549. The number of rotatable bonds is 9. The smallest absolute Gasteiger partial charge is 0.122 e. The Morgan fingerprint density at radius 2 is 1.67 bits per heavy atom. The van der Waals surface area contributed by atoms with E-state index in [9.17, 15) is 0 Å². The van der Waals surface area contributed by atoms with Crippen LogP contribution in [0.3, 0.4) is 0 Å². The minimum Gasteiger partial charge on any atom is -0.496 e. The predicted octanol–water partition coefficient (Wildman–Crippen LogP) is 4.91. The third-order valence-electron chi connectivity index (χ3n) is 4.48. The number of hydrogen-bond acceptors (Lipinski definition) is 3. The Morgan fingerprint density at radius 1 is 0.852 bits per heavy atom. The van der Waals surface area contributed by atoms with E-state index in [2.05, 4.69) is 54.7 Å². The molecule has 0 saturated carbocycles. The molecule has 3 nitrogen and oxygen atoms in total. The summed E-state index contributed by atoms with van der Waals surface area (Å²) < 4.78 is 11.4. The van der Waals surface area contributed by atoms with Gasteiger partial charge in [-0.15, -0.1) is 0 Å². The van der Waals surface area contributed by atoms with Gasteiger partial charge < -0.3 is 14.8 Å². The summed E-state index contributed by atoms with van der Waals surface area (Å²) in [5, 5.41) is 3.50. The van der Waals surface area contributed by atoms with Crippen LogP contribution >= 0.6 is 0 Å². The van der Waals surface area contributed by atoms with Gasteiger partial charge in [0.25, 0.3) is 0 Å². The zero-order valence-corrected chi connectivity index (χ0v) is 16.1. The minimum atomic E-state index is 0.590. The van der Waals surface area contributed by atoms with Crippen LogP contribution in [0.4, 0.5) is 0 Å². The maximum Gasteiger partial charge on any atom is 0.122 e. The van der Waals surface area contributed by atoms with E-state index in [4.69, 9.17) is 9.47 Å². The van der Waals surface area contributed by atoms with Crippen LogP contribution in [0.2, 0.25) is 0 Å². The fraction of sp³-hybridized carbons (Fsp3) is 0.250. The second-order valence-corrected chi connectivity index (χ2v) is 6.66. The first-order valence-electron chi connectivity index (χ1n) is 9.34. The molecule has 0 heterocycles. The Kier molecular flexibility index (Phi) is 6.89. The summed E-state index contributed by atoms with van der Waals surface area (Å²) in [4.78, 5) is 0. The molecule has 3 rings (SSSR count). The number of para-hydroxylation sites is 1. The first kappa shape index (κ1) is 19.0. The van der Waals surface area contributed by atoms with Crippen LogP contribution in [-0.2, 0) is 19.6 Å². The molecule has 3 heteroatoms. The van der Waals surface area contributed by atoms with E-state index in [-0.39, 0.29) is 0 Å². The van der Waals surface area contributed by atoms with Gasteiger partial charge in [-0.2, -0.15) is 0 Å². The van der Waals surface area contributed by atoms with E-state index >= 15 is 0 Å². The molecule has 0 radical (unpaired) electrons. The van der Waals surface area contributed by atoms with Crippen LogP contribution in [0.15, 0.2) is 72.8 Å². The summed E-state index contributed by atoms with van der Waals surface area (Å²) in [5.41, 5.74) is 4.89. The van der Waals surface area contributed by atoms with Gasteiger partial charge in [0, 0.05) is 6.54 Å². The molecule has 0 aliphatic heterocycles. The highest BCUT2D eigenvalue weighted by atomic mass is 16.5. The number of ether oxygens (including phenoxy) is 2. The lowest BCUT2D eigenvalue weighted by Gasteiger charge is -2.11. The number of hydrogen-bond donors (Lipinski definition) is 1. The van der Waals surface area contributed by atoms with E-state index in [1.54, 1.807) is 7.11 Å². The van der Waals surface area contributed by atoms with Crippen molar-refractivity contribution >= 4 is 0 Å². The lowest BCUT2D eigenvalue weighted by atomic mass is 10.1. The highest BCUT2D eigenvalue weighted by molar-refractivity contribution is 5.33. The number of nitrogens with one attached hydrogen (secondary N) is 1. The standard InChI is InChI=1S/C24H27NO2/c1-19-7-5-9-21(15-19)18-27-23-11-6-8-20(16-23)17-25-14-13-22-10-3-4-12-24(22)26-2/h3-12,15-16,25H,13-14,17-18H2,1-2H3. The van der Waals surface area contributed by atoms with E-state index < -0.39 is 0 Å². The molecule has 0 saturated heterocycles. The predicted molar refractivity (Wildman–Crippen MR) is 110 cm³/mol. The van der Waals surface area contributed by atoms with Crippen LogP contribution < -0.4 is 14.8 Å². The Bertz CT molecular complexity index is 860. The average molecular weight is 361 g/mol. The maximum atomic E-state index is 5.95. The van der Waals surface area contributed by atoms with Crippen LogP contribution in [-0.4, -0.2) is 13.7 Å². The highest BCUT2D eigenvalue weighted by Crippen LogP contribution is 2.18. The molecule has 0 bridgehead atoms.